The lowest BCUT2D eigenvalue weighted by Gasteiger charge is -2.41. The van der Waals surface area contributed by atoms with E-state index in [2.05, 4.69) is 58.5 Å². The predicted molar refractivity (Wildman–Crippen MR) is 109 cm³/mol. The topological polar surface area (TPSA) is 13.0 Å². The molecule has 2 aromatic carbocycles. The number of hydrogen-bond acceptors (Lipinski definition) is 4. The number of anilines is 2. The van der Waals surface area contributed by atoms with Gasteiger partial charge in [-0.25, -0.2) is 4.39 Å². The van der Waals surface area contributed by atoms with Crippen LogP contribution < -0.4 is 4.90 Å². The molecule has 0 N–H and O–H groups in total. The fourth-order valence-corrected chi connectivity index (χ4v) is 3.93. The summed E-state index contributed by atoms with van der Waals surface area (Å²) in [4.78, 5) is 9.06. The minimum Gasteiger partial charge on any atom is -0.348 e. The van der Waals surface area contributed by atoms with Gasteiger partial charge < -0.3 is 9.80 Å². The highest BCUT2D eigenvalue weighted by Gasteiger charge is 2.27. The average molecular weight is 366 g/mol. The molecule has 4 rings (SSSR count). The highest BCUT2D eigenvalue weighted by Crippen LogP contribution is 2.41. The van der Waals surface area contributed by atoms with E-state index in [-0.39, 0.29) is 5.82 Å². The van der Waals surface area contributed by atoms with Crippen molar-refractivity contribution >= 4 is 11.4 Å². The summed E-state index contributed by atoms with van der Waals surface area (Å²) >= 11 is 0. The molecule has 2 aliphatic rings. The Bertz CT molecular complexity index is 842. The number of nitrogens with zero attached hydrogens (tertiary/aromatic N) is 4. The molecule has 2 aliphatic heterocycles. The minimum atomic E-state index is -0.215. The molecule has 0 radical (unpaired) electrons. The van der Waals surface area contributed by atoms with Crippen LogP contribution in [0.15, 0.2) is 54.9 Å². The van der Waals surface area contributed by atoms with Crippen molar-refractivity contribution in [2.24, 2.45) is 0 Å². The predicted octanol–water partition coefficient (Wildman–Crippen LogP) is 3.48. The van der Waals surface area contributed by atoms with Gasteiger partial charge in [-0.05, 0) is 36.4 Å². The van der Waals surface area contributed by atoms with Crippen LogP contribution in [-0.4, -0.2) is 61.6 Å². The van der Waals surface area contributed by atoms with Gasteiger partial charge in [-0.1, -0.05) is 30.8 Å². The summed E-state index contributed by atoms with van der Waals surface area (Å²) in [6, 6.07) is 13.4. The van der Waals surface area contributed by atoms with Crippen molar-refractivity contribution in [2.45, 2.75) is 6.42 Å². The van der Waals surface area contributed by atoms with Gasteiger partial charge in [0.2, 0.25) is 0 Å². The summed E-state index contributed by atoms with van der Waals surface area (Å²) in [5.41, 5.74) is 4.35. The van der Waals surface area contributed by atoms with Crippen LogP contribution in [0.3, 0.4) is 0 Å². The fraction of sp³-hybridized carbons (Fsp3) is 0.364. The monoisotopic (exact) mass is 366 g/mol. The van der Waals surface area contributed by atoms with Crippen molar-refractivity contribution in [1.29, 1.82) is 0 Å². The number of para-hydroxylation sites is 1. The zero-order valence-electron chi connectivity index (χ0n) is 16.2. The molecule has 0 spiro atoms. The maximum atomic E-state index is 14.0. The largest absolute Gasteiger partial charge is 0.348 e. The number of fused-ring (bicyclic) bond motifs is 2. The van der Waals surface area contributed by atoms with Crippen LogP contribution in [0.2, 0.25) is 0 Å². The summed E-state index contributed by atoms with van der Waals surface area (Å²) in [5, 5.41) is 0. The van der Waals surface area contributed by atoms with Gasteiger partial charge in [0.1, 0.15) is 11.6 Å². The van der Waals surface area contributed by atoms with E-state index in [0.29, 0.717) is 0 Å². The van der Waals surface area contributed by atoms with E-state index < -0.39 is 0 Å². The minimum absolute atomic E-state index is 0.215. The van der Waals surface area contributed by atoms with E-state index in [4.69, 9.17) is 0 Å². The molecule has 2 aromatic rings. The molecule has 0 bridgehead atoms. The normalized spacial score (nSPS) is 17.4. The van der Waals surface area contributed by atoms with Crippen molar-refractivity contribution in [3.63, 3.8) is 0 Å². The fourth-order valence-electron chi connectivity index (χ4n) is 3.93. The molecule has 0 saturated carbocycles. The Labute approximate surface area is 161 Å². The average Bonchev–Trinajstić information content (AvgIpc) is 2.67. The van der Waals surface area contributed by atoms with Crippen LogP contribution in [0.1, 0.15) is 11.1 Å². The molecular weight excluding hydrogens is 339 g/mol. The summed E-state index contributed by atoms with van der Waals surface area (Å²) in [6.45, 7) is 9.47. The number of hydrogen-bond donors (Lipinski definition) is 0. The molecule has 5 heteroatoms. The van der Waals surface area contributed by atoms with E-state index in [1.54, 1.807) is 12.1 Å². The molecule has 0 amide bonds. The first-order valence-corrected chi connectivity index (χ1v) is 9.50. The first-order chi connectivity index (χ1) is 13.0. The Kier molecular flexibility index (Phi) is 4.89. The van der Waals surface area contributed by atoms with Crippen LogP contribution in [0.4, 0.5) is 15.8 Å². The van der Waals surface area contributed by atoms with Crippen molar-refractivity contribution in [2.75, 3.05) is 51.8 Å². The third-order valence-corrected chi connectivity index (χ3v) is 5.61. The lowest BCUT2D eigenvalue weighted by molar-refractivity contribution is 0.110. The molecule has 1 fully saturated rings. The van der Waals surface area contributed by atoms with E-state index in [1.807, 2.05) is 12.1 Å². The highest BCUT2D eigenvalue weighted by molar-refractivity contribution is 5.77. The summed E-state index contributed by atoms with van der Waals surface area (Å²) in [5.74, 6) is 0.653. The van der Waals surface area contributed by atoms with Crippen LogP contribution in [-0.2, 0) is 6.42 Å². The van der Waals surface area contributed by atoms with Gasteiger partial charge in [-0.3, -0.25) is 9.80 Å². The van der Waals surface area contributed by atoms with Crippen LogP contribution >= 0.6 is 0 Å². The Hall–Kier alpha value is -2.37. The van der Waals surface area contributed by atoms with E-state index in [9.17, 15) is 4.39 Å². The number of likely N-dealkylation sites (N-methyl/N-ethyl adjacent to an activating group) is 1. The second-order valence-corrected chi connectivity index (χ2v) is 7.59. The summed E-state index contributed by atoms with van der Waals surface area (Å²) < 4.78 is 14.0. The first kappa shape index (κ1) is 18.0. The number of halogens is 1. The number of benzene rings is 2. The van der Waals surface area contributed by atoms with Crippen molar-refractivity contribution in [3.8, 4) is 0 Å². The van der Waals surface area contributed by atoms with Crippen LogP contribution in [0, 0.1) is 5.82 Å². The summed E-state index contributed by atoms with van der Waals surface area (Å²) in [7, 11) is 4.23. The van der Waals surface area contributed by atoms with E-state index in [1.165, 1.54) is 5.56 Å². The molecular formula is C22H27FN4. The number of rotatable bonds is 4. The van der Waals surface area contributed by atoms with Gasteiger partial charge in [0.25, 0.3) is 0 Å². The second-order valence-electron chi connectivity index (χ2n) is 7.59. The highest BCUT2D eigenvalue weighted by atomic mass is 19.1. The Morgan fingerprint density at radius 3 is 2.52 bits per heavy atom. The van der Waals surface area contributed by atoms with Gasteiger partial charge in [-0.15, -0.1) is 0 Å². The molecule has 0 unspecified atom stereocenters. The van der Waals surface area contributed by atoms with Gasteiger partial charge in [-0.2, -0.15) is 0 Å². The Morgan fingerprint density at radius 2 is 1.74 bits per heavy atom. The molecule has 142 valence electrons. The van der Waals surface area contributed by atoms with Gasteiger partial charge in [0, 0.05) is 39.6 Å². The van der Waals surface area contributed by atoms with Gasteiger partial charge in [0.15, 0.2) is 0 Å². The lowest BCUT2D eigenvalue weighted by atomic mass is 9.95. The summed E-state index contributed by atoms with van der Waals surface area (Å²) in [6.07, 6.45) is 0.817. The smallest absolute Gasteiger partial charge is 0.125 e. The maximum absolute atomic E-state index is 14.0. The Balaban J connectivity index is 1.62. The van der Waals surface area contributed by atoms with E-state index in [0.717, 1.165) is 62.0 Å². The van der Waals surface area contributed by atoms with Crippen molar-refractivity contribution in [3.05, 3.63) is 71.8 Å². The van der Waals surface area contributed by atoms with Crippen LogP contribution in [0.25, 0.3) is 0 Å². The zero-order chi connectivity index (χ0) is 19.0. The second kappa shape index (κ2) is 7.33. The van der Waals surface area contributed by atoms with Crippen molar-refractivity contribution in [1.82, 2.24) is 14.7 Å². The molecule has 0 aromatic heterocycles. The molecule has 0 atom stereocenters. The third kappa shape index (κ3) is 3.57. The quantitative estimate of drug-likeness (QED) is 0.821. The van der Waals surface area contributed by atoms with Crippen LogP contribution in [0.5, 0.6) is 0 Å². The molecule has 0 aliphatic carbocycles. The van der Waals surface area contributed by atoms with Gasteiger partial charge >= 0.3 is 0 Å². The van der Waals surface area contributed by atoms with Gasteiger partial charge in [0.05, 0.1) is 18.0 Å². The molecule has 27 heavy (non-hydrogen) atoms. The zero-order valence-corrected chi connectivity index (χ0v) is 16.2. The Morgan fingerprint density at radius 1 is 1.04 bits per heavy atom. The number of piperazine rings is 1. The third-order valence-electron chi connectivity index (χ3n) is 5.61. The maximum Gasteiger partial charge on any atom is 0.125 e. The lowest BCUT2D eigenvalue weighted by Crippen LogP contribution is -2.48. The standard InChI is InChI=1S/C22H27FN4/c1-17(25(3)16-26-12-10-24(2)11-13-26)27-21-7-5-4-6-18(21)14-19-8-9-20(23)15-22(19)27/h4-9,15H,1,10-14,16H2,2-3H3. The van der Waals surface area contributed by atoms with Crippen molar-refractivity contribution < 1.29 is 4.39 Å². The van der Waals surface area contributed by atoms with E-state index >= 15 is 0 Å². The first-order valence-electron chi connectivity index (χ1n) is 9.50. The SMILES string of the molecule is C=C(N(C)CN1CCN(C)CC1)N1c2ccccc2Cc2ccc(F)cc21. The molecule has 4 nitrogen and oxygen atoms in total. The molecule has 2 heterocycles. The molecule has 1 saturated heterocycles.